The quantitative estimate of drug-likeness (QED) is 0.418. The van der Waals surface area contributed by atoms with Crippen LogP contribution >= 0.6 is 34.3 Å². The second-order valence-electron chi connectivity index (χ2n) is 5.94. The Morgan fingerprint density at radius 2 is 2.10 bits per heavy atom. The zero-order valence-corrected chi connectivity index (χ0v) is 17.2. The van der Waals surface area contributed by atoms with Gasteiger partial charge in [-0.2, -0.15) is 0 Å². The van der Waals surface area contributed by atoms with Crippen LogP contribution in [0.4, 0.5) is 13.2 Å². The first-order chi connectivity index (χ1) is 13.7. The molecule has 150 valence electrons. The molecule has 0 aromatic carbocycles. The number of aromatic nitrogens is 2. The van der Waals surface area contributed by atoms with Gasteiger partial charge in [0.25, 0.3) is 12.0 Å². The number of Topliss-reactive ketones (excluding diaryl/α,β-unsaturated/α-hetero) is 1. The van der Waals surface area contributed by atoms with Crippen molar-refractivity contribution >= 4 is 40.1 Å². The predicted octanol–water partition coefficient (Wildman–Crippen LogP) is 4.56. The highest BCUT2D eigenvalue weighted by atomic mass is 35.5. The molecular weight excluding hydrogens is 445 g/mol. The van der Waals surface area contributed by atoms with Crippen molar-refractivity contribution in [2.75, 3.05) is 0 Å². The largest absolute Gasteiger partial charge is 0.307 e. The number of halogens is 4. The minimum atomic E-state index is -2.82. The van der Waals surface area contributed by atoms with E-state index in [0.717, 1.165) is 28.6 Å². The molecule has 10 heteroatoms. The van der Waals surface area contributed by atoms with Gasteiger partial charge in [-0.3, -0.25) is 9.59 Å². The van der Waals surface area contributed by atoms with E-state index in [1.54, 1.807) is 5.38 Å². The number of hydrogen-bond acceptors (Lipinski definition) is 5. The third-order valence-electron chi connectivity index (χ3n) is 3.70. The van der Waals surface area contributed by atoms with Gasteiger partial charge < -0.3 is 4.57 Å². The van der Waals surface area contributed by atoms with E-state index in [4.69, 9.17) is 11.6 Å². The summed E-state index contributed by atoms with van der Waals surface area (Å²) in [6.07, 6.45) is -2.03. The Kier molecular flexibility index (Phi) is 6.57. The molecule has 29 heavy (non-hydrogen) atoms. The summed E-state index contributed by atoms with van der Waals surface area (Å²) in [6.45, 7) is 0.913. The topological polar surface area (TPSA) is 52.0 Å². The van der Waals surface area contributed by atoms with Crippen LogP contribution in [-0.4, -0.2) is 21.8 Å². The molecule has 0 fully saturated rings. The number of alkyl halides is 2. The third kappa shape index (κ3) is 5.35. The van der Waals surface area contributed by atoms with Crippen molar-refractivity contribution < 1.29 is 18.0 Å². The Morgan fingerprint density at radius 3 is 2.76 bits per heavy atom. The molecule has 3 heterocycles. The summed E-state index contributed by atoms with van der Waals surface area (Å²) in [5.41, 5.74) is 0.0114. The minimum absolute atomic E-state index is 0.114. The Morgan fingerprint density at radius 1 is 1.34 bits per heavy atom. The Balaban J connectivity index is 1.81. The van der Waals surface area contributed by atoms with Crippen LogP contribution in [0.1, 0.15) is 31.5 Å². The van der Waals surface area contributed by atoms with E-state index < -0.39 is 30.1 Å². The summed E-state index contributed by atoms with van der Waals surface area (Å²) in [5, 5.41) is 2.68. The van der Waals surface area contributed by atoms with Gasteiger partial charge in [0.1, 0.15) is 10.0 Å². The molecule has 0 spiro atoms. The molecule has 0 amide bonds. The van der Waals surface area contributed by atoms with E-state index in [2.05, 4.69) is 16.8 Å². The lowest BCUT2D eigenvalue weighted by Crippen LogP contribution is -2.26. The summed E-state index contributed by atoms with van der Waals surface area (Å²) in [6, 6.07) is 2.40. The maximum absolute atomic E-state index is 13.7. The molecule has 0 saturated carbocycles. The number of rotatable bonds is 5. The third-order valence-corrected chi connectivity index (χ3v) is 5.88. The summed E-state index contributed by atoms with van der Waals surface area (Å²) in [5.74, 6) is 4.14. The first-order valence-corrected chi connectivity index (χ1v) is 10.2. The number of aryl methyl sites for hydroxylation is 1. The van der Waals surface area contributed by atoms with Gasteiger partial charge in [0.2, 0.25) is 0 Å². The fourth-order valence-corrected chi connectivity index (χ4v) is 4.13. The van der Waals surface area contributed by atoms with Crippen molar-refractivity contribution in [2.45, 2.75) is 26.3 Å². The molecule has 3 aromatic heterocycles. The van der Waals surface area contributed by atoms with Crippen LogP contribution in [0, 0.1) is 24.6 Å². The number of thiophene rings is 1. The van der Waals surface area contributed by atoms with Gasteiger partial charge in [-0.1, -0.05) is 17.5 Å². The number of hydrogen-bond donors (Lipinski definition) is 0. The molecule has 0 aliphatic rings. The van der Waals surface area contributed by atoms with Crippen molar-refractivity contribution in [3.8, 4) is 11.8 Å². The average Bonchev–Trinajstić information content (AvgIpc) is 3.22. The maximum Gasteiger partial charge on any atom is 0.286 e. The highest BCUT2D eigenvalue weighted by Gasteiger charge is 2.16. The van der Waals surface area contributed by atoms with E-state index in [1.807, 2.05) is 6.92 Å². The van der Waals surface area contributed by atoms with Gasteiger partial charge in [0.05, 0.1) is 22.0 Å². The highest BCUT2D eigenvalue weighted by molar-refractivity contribution is 7.18. The monoisotopic (exact) mass is 456 g/mol. The number of ketones is 1. The van der Waals surface area contributed by atoms with Crippen molar-refractivity contribution in [3.05, 3.63) is 70.9 Å². The number of pyridine rings is 1. The molecular formula is C19H12ClF3N2O2S2. The van der Waals surface area contributed by atoms with Crippen LogP contribution in [0.5, 0.6) is 0 Å². The molecule has 0 aliphatic carbocycles. The van der Waals surface area contributed by atoms with E-state index >= 15 is 0 Å². The normalized spacial score (nSPS) is 10.8. The van der Waals surface area contributed by atoms with E-state index in [9.17, 15) is 22.8 Å². The van der Waals surface area contributed by atoms with Crippen molar-refractivity contribution in [1.29, 1.82) is 0 Å². The molecule has 3 aromatic rings. The van der Waals surface area contributed by atoms with Gasteiger partial charge in [-0.05, 0) is 30.5 Å². The van der Waals surface area contributed by atoms with Crippen LogP contribution in [0.15, 0.2) is 28.5 Å². The SMILES string of the molecule is Cc1nc(C#Cc2cc(C(=O)Cc3cc(F)c(=O)n(CC(F)F)c3)sc2Cl)cs1. The zero-order chi connectivity index (χ0) is 21.1. The molecule has 0 saturated heterocycles. The van der Waals surface area contributed by atoms with Gasteiger partial charge in [-0.15, -0.1) is 22.7 Å². The van der Waals surface area contributed by atoms with Crippen molar-refractivity contribution in [3.63, 3.8) is 0 Å². The summed E-state index contributed by atoms with van der Waals surface area (Å²) >= 11 is 8.63. The van der Waals surface area contributed by atoms with Crippen LogP contribution < -0.4 is 5.56 Å². The molecule has 0 N–H and O–H groups in total. The molecule has 0 aliphatic heterocycles. The van der Waals surface area contributed by atoms with E-state index in [-0.39, 0.29) is 12.0 Å². The lowest BCUT2D eigenvalue weighted by atomic mass is 10.1. The number of nitrogens with zero attached hydrogens (tertiary/aromatic N) is 2. The number of carbonyl (C=O) groups is 1. The van der Waals surface area contributed by atoms with Gasteiger partial charge in [0, 0.05) is 18.0 Å². The summed E-state index contributed by atoms with van der Waals surface area (Å²) < 4.78 is 39.7. The molecule has 3 rings (SSSR count). The second-order valence-corrected chi connectivity index (χ2v) is 8.66. The standard InChI is InChI=1S/C19H12ClF3N2O2S2/c1-10-24-13(9-28-10)3-2-12-6-16(29-18(12)20)15(26)5-11-4-14(21)19(27)25(7-11)8-17(22)23/h4,6-7,9,17H,5,8H2,1H3. The number of thiazole rings is 1. The van der Waals surface area contributed by atoms with Gasteiger partial charge in [-0.25, -0.2) is 18.2 Å². The second kappa shape index (κ2) is 8.95. The Hall–Kier alpha value is -2.41. The Labute approximate surface area is 176 Å². The van der Waals surface area contributed by atoms with Gasteiger partial charge in [0.15, 0.2) is 11.6 Å². The zero-order valence-electron chi connectivity index (χ0n) is 14.8. The van der Waals surface area contributed by atoms with Gasteiger partial charge >= 0.3 is 0 Å². The smallest absolute Gasteiger partial charge is 0.286 e. The molecule has 4 nitrogen and oxygen atoms in total. The summed E-state index contributed by atoms with van der Waals surface area (Å²) in [4.78, 5) is 28.6. The van der Waals surface area contributed by atoms with E-state index in [1.165, 1.54) is 17.4 Å². The fraction of sp³-hybridized carbons (Fsp3) is 0.211. The predicted molar refractivity (Wildman–Crippen MR) is 107 cm³/mol. The van der Waals surface area contributed by atoms with Crippen molar-refractivity contribution in [2.24, 2.45) is 0 Å². The molecule has 0 bridgehead atoms. The highest BCUT2D eigenvalue weighted by Crippen LogP contribution is 2.28. The van der Waals surface area contributed by atoms with Crippen LogP contribution in [-0.2, 0) is 13.0 Å². The molecule has 0 atom stereocenters. The maximum atomic E-state index is 13.7. The van der Waals surface area contributed by atoms with E-state index in [0.29, 0.717) is 25.0 Å². The van der Waals surface area contributed by atoms with Crippen LogP contribution in [0.25, 0.3) is 0 Å². The first-order valence-electron chi connectivity index (χ1n) is 8.16. The van der Waals surface area contributed by atoms with Crippen LogP contribution in [0.2, 0.25) is 4.34 Å². The molecule has 0 unspecified atom stereocenters. The Bertz CT molecular complexity index is 1190. The lowest BCUT2D eigenvalue weighted by Gasteiger charge is -2.08. The van der Waals surface area contributed by atoms with Crippen LogP contribution in [0.3, 0.4) is 0 Å². The van der Waals surface area contributed by atoms with Crippen molar-refractivity contribution in [1.82, 2.24) is 9.55 Å². The number of carbonyl (C=O) groups excluding carboxylic acids is 1. The molecule has 0 radical (unpaired) electrons. The fourth-order valence-electron chi connectivity index (χ4n) is 2.45. The average molecular weight is 457 g/mol. The minimum Gasteiger partial charge on any atom is -0.307 e. The lowest BCUT2D eigenvalue weighted by molar-refractivity contribution is 0.0996. The first kappa shape index (κ1) is 21.3. The summed E-state index contributed by atoms with van der Waals surface area (Å²) in [7, 11) is 0.